The van der Waals surface area contributed by atoms with Gasteiger partial charge < -0.3 is 4.74 Å². The maximum absolute atomic E-state index is 12.2. The third-order valence-electron chi connectivity index (χ3n) is 3.92. The smallest absolute Gasteiger partial charge is 0.317 e. The molecule has 0 aromatic heterocycles. The van der Waals surface area contributed by atoms with E-state index in [1.165, 1.54) is 7.11 Å². The molecule has 23 heavy (non-hydrogen) atoms. The minimum Gasteiger partial charge on any atom is -0.468 e. The van der Waals surface area contributed by atoms with E-state index in [4.69, 9.17) is 4.74 Å². The highest BCUT2D eigenvalue weighted by atomic mass is 16.5. The van der Waals surface area contributed by atoms with Crippen LogP contribution in [0.2, 0.25) is 0 Å². The van der Waals surface area contributed by atoms with Gasteiger partial charge >= 0.3 is 5.97 Å². The molecular weight excluding hydrogens is 284 g/mol. The van der Waals surface area contributed by atoms with Crippen LogP contribution in [0.25, 0.3) is 11.1 Å². The quantitative estimate of drug-likeness (QED) is 0.655. The number of hydrogen-bond acceptors (Lipinski definition) is 2. The number of carbonyl (C=O) groups is 1. The molecule has 1 atom stereocenters. The molecule has 0 fully saturated rings. The molecule has 0 saturated carbocycles. The summed E-state index contributed by atoms with van der Waals surface area (Å²) in [5.41, 5.74) is 4.16. The normalized spacial score (nSPS) is 11.7. The van der Waals surface area contributed by atoms with Gasteiger partial charge in [0.05, 0.1) is 7.11 Å². The second kappa shape index (κ2) is 6.93. The van der Waals surface area contributed by atoms with Crippen LogP contribution in [0.5, 0.6) is 0 Å². The zero-order valence-electron chi connectivity index (χ0n) is 13.0. The maximum atomic E-state index is 12.2. The summed E-state index contributed by atoms with van der Waals surface area (Å²) in [6, 6.07) is 28.0. The monoisotopic (exact) mass is 302 g/mol. The minimum atomic E-state index is -0.397. The van der Waals surface area contributed by atoms with Crippen molar-refractivity contribution in [3.05, 3.63) is 96.1 Å². The number of ether oxygens (including phenoxy) is 1. The molecule has 114 valence electrons. The largest absolute Gasteiger partial charge is 0.468 e. The Hall–Kier alpha value is -2.87. The molecular formula is C21H18O2. The summed E-state index contributed by atoms with van der Waals surface area (Å²) in [6.45, 7) is 0. The van der Waals surface area contributed by atoms with E-state index in [-0.39, 0.29) is 5.97 Å². The van der Waals surface area contributed by atoms with Crippen LogP contribution in [0, 0.1) is 0 Å². The Morgan fingerprint density at radius 3 is 1.74 bits per heavy atom. The zero-order chi connectivity index (χ0) is 16.1. The van der Waals surface area contributed by atoms with Crippen molar-refractivity contribution < 1.29 is 9.53 Å². The molecule has 3 aromatic rings. The number of carbonyl (C=O) groups excluding carboxylic acids is 1. The van der Waals surface area contributed by atoms with E-state index in [1.54, 1.807) is 0 Å². The van der Waals surface area contributed by atoms with Crippen LogP contribution in [-0.2, 0) is 9.53 Å². The average molecular weight is 302 g/mol. The van der Waals surface area contributed by atoms with Gasteiger partial charge in [-0.15, -0.1) is 0 Å². The van der Waals surface area contributed by atoms with Crippen molar-refractivity contribution in [2.75, 3.05) is 7.11 Å². The molecule has 0 aliphatic heterocycles. The minimum absolute atomic E-state index is 0.247. The summed E-state index contributed by atoms with van der Waals surface area (Å²) < 4.78 is 5.00. The van der Waals surface area contributed by atoms with Gasteiger partial charge in [-0.05, 0) is 22.3 Å². The molecule has 0 heterocycles. The molecule has 0 aliphatic rings. The number of hydrogen-bond donors (Lipinski definition) is 0. The lowest BCUT2D eigenvalue weighted by molar-refractivity contribution is -0.141. The molecule has 0 bridgehead atoms. The topological polar surface area (TPSA) is 26.3 Å². The Morgan fingerprint density at radius 1 is 0.696 bits per heavy atom. The van der Waals surface area contributed by atoms with E-state index in [1.807, 2.05) is 72.8 Å². The molecule has 0 aliphatic carbocycles. The van der Waals surface area contributed by atoms with E-state index >= 15 is 0 Å². The van der Waals surface area contributed by atoms with Gasteiger partial charge in [0, 0.05) is 0 Å². The Balaban J connectivity index is 1.96. The molecule has 0 amide bonds. The van der Waals surface area contributed by atoms with Gasteiger partial charge in [0.2, 0.25) is 0 Å². The molecule has 0 radical (unpaired) electrons. The van der Waals surface area contributed by atoms with Crippen LogP contribution in [0.4, 0.5) is 0 Å². The maximum Gasteiger partial charge on any atom is 0.317 e. The first-order valence-electron chi connectivity index (χ1n) is 7.58. The van der Waals surface area contributed by atoms with E-state index < -0.39 is 5.92 Å². The molecule has 0 N–H and O–H groups in total. The first kappa shape index (κ1) is 15.0. The molecule has 0 saturated heterocycles. The van der Waals surface area contributed by atoms with Crippen molar-refractivity contribution in [1.29, 1.82) is 0 Å². The Labute approximate surface area is 136 Å². The summed E-state index contributed by atoms with van der Waals surface area (Å²) >= 11 is 0. The molecule has 1 unspecified atom stereocenters. The van der Waals surface area contributed by atoms with Gasteiger partial charge in [-0.2, -0.15) is 0 Å². The molecule has 2 heteroatoms. The fourth-order valence-electron chi connectivity index (χ4n) is 2.73. The van der Waals surface area contributed by atoms with Crippen molar-refractivity contribution >= 4 is 5.97 Å². The fourth-order valence-corrected chi connectivity index (χ4v) is 2.73. The average Bonchev–Trinajstić information content (AvgIpc) is 2.64. The van der Waals surface area contributed by atoms with Crippen molar-refractivity contribution in [2.24, 2.45) is 0 Å². The lowest BCUT2D eigenvalue weighted by atomic mass is 9.90. The lowest BCUT2D eigenvalue weighted by Gasteiger charge is -2.16. The molecule has 2 nitrogen and oxygen atoms in total. The molecule has 3 rings (SSSR count). The number of methoxy groups -OCH3 is 1. The Morgan fingerprint density at radius 2 is 1.17 bits per heavy atom. The molecule has 0 spiro atoms. The van der Waals surface area contributed by atoms with Crippen LogP contribution >= 0.6 is 0 Å². The highest BCUT2D eigenvalue weighted by molar-refractivity contribution is 5.82. The summed E-state index contributed by atoms with van der Waals surface area (Å²) in [7, 11) is 1.43. The second-order valence-corrected chi connectivity index (χ2v) is 5.35. The van der Waals surface area contributed by atoms with Gasteiger partial charge in [0.15, 0.2) is 0 Å². The van der Waals surface area contributed by atoms with Gasteiger partial charge in [0.25, 0.3) is 0 Å². The highest BCUT2D eigenvalue weighted by Crippen LogP contribution is 2.28. The van der Waals surface area contributed by atoms with E-state index in [9.17, 15) is 4.79 Å². The van der Waals surface area contributed by atoms with Gasteiger partial charge in [-0.1, -0.05) is 84.9 Å². The van der Waals surface area contributed by atoms with Crippen LogP contribution in [0.15, 0.2) is 84.9 Å². The first-order chi connectivity index (χ1) is 11.3. The van der Waals surface area contributed by atoms with Gasteiger partial charge in [0.1, 0.15) is 5.92 Å². The van der Waals surface area contributed by atoms with Crippen LogP contribution in [-0.4, -0.2) is 13.1 Å². The summed E-state index contributed by atoms with van der Waals surface area (Å²) in [5.74, 6) is -0.644. The summed E-state index contributed by atoms with van der Waals surface area (Å²) in [6.07, 6.45) is 0. The first-order valence-corrected chi connectivity index (χ1v) is 7.58. The van der Waals surface area contributed by atoms with E-state index in [2.05, 4.69) is 12.1 Å². The van der Waals surface area contributed by atoms with Crippen LogP contribution in [0.3, 0.4) is 0 Å². The third-order valence-corrected chi connectivity index (χ3v) is 3.92. The predicted molar refractivity (Wildman–Crippen MR) is 92.2 cm³/mol. The van der Waals surface area contributed by atoms with E-state index in [0.717, 1.165) is 22.3 Å². The van der Waals surface area contributed by atoms with Crippen molar-refractivity contribution in [3.8, 4) is 11.1 Å². The Bertz CT molecular complexity index is 762. The summed E-state index contributed by atoms with van der Waals surface area (Å²) in [4.78, 5) is 12.2. The van der Waals surface area contributed by atoms with Crippen molar-refractivity contribution in [3.63, 3.8) is 0 Å². The number of benzene rings is 3. The van der Waals surface area contributed by atoms with Crippen LogP contribution < -0.4 is 0 Å². The Kier molecular flexibility index (Phi) is 4.53. The van der Waals surface area contributed by atoms with Gasteiger partial charge in [-0.3, -0.25) is 4.79 Å². The van der Waals surface area contributed by atoms with Crippen LogP contribution in [0.1, 0.15) is 17.0 Å². The third kappa shape index (κ3) is 3.32. The van der Waals surface area contributed by atoms with Crippen molar-refractivity contribution in [1.82, 2.24) is 0 Å². The van der Waals surface area contributed by atoms with Gasteiger partial charge in [-0.25, -0.2) is 0 Å². The standard InChI is InChI=1S/C21H18O2/c1-23-21(22)20(18-10-6-3-7-11-18)19-14-12-17(13-15-19)16-8-4-2-5-9-16/h2-15,20H,1H3. The lowest BCUT2D eigenvalue weighted by Crippen LogP contribution is -2.15. The second-order valence-electron chi connectivity index (χ2n) is 5.35. The molecule has 3 aromatic carbocycles. The number of rotatable bonds is 4. The number of esters is 1. The van der Waals surface area contributed by atoms with E-state index in [0.29, 0.717) is 0 Å². The fraction of sp³-hybridized carbons (Fsp3) is 0.0952. The highest BCUT2D eigenvalue weighted by Gasteiger charge is 2.23. The predicted octanol–water partition coefficient (Wildman–Crippen LogP) is 4.66. The summed E-state index contributed by atoms with van der Waals surface area (Å²) in [5, 5.41) is 0. The zero-order valence-corrected chi connectivity index (χ0v) is 13.0. The van der Waals surface area contributed by atoms with Crippen molar-refractivity contribution in [2.45, 2.75) is 5.92 Å². The SMILES string of the molecule is COC(=O)C(c1ccccc1)c1ccc(-c2ccccc2)cc1.